The van der Waals surface area contributed by atoms with E-state index in [1.807, 2.05) is 6.07 Å². The van der Waals surface area contributed by atoms with Gasteiger partial charge >= 0.3 is 6.18 Å². The molecule has 2 aromatic rings. The minimum atomic E-state index is -4.92. The van der Waals surface area contributed by atoms with E-state index in [2.05, 4.69) is 10.3 Å². The average Bonchev–Trinajstić information content (AvgIpc) is 3.44. The van der Waals surface area contributed by atoms with Crippen LogP contribution in [0.5, 0.6) is 0 Å². The number of halogens is 3. The zero-order chi connectivity index (χ0) is 24.7. The molecule has 180 valence electrons. The molecule has 0 radical (unpaired) electrons. The molecule has 0 aliphatic heterocycles. The lowest BCUT2D eigenvalue weighted by molar-refractivity contribution is -0.139. The minimum Gasteiger partial charge on any atom is -0.381 e. The van der Waals surface area contributed by atoms with E-state index in [1.165, 1.54) is 25.4 Å². The molecule has 11 heteroatoms. The summed E-state index contributed by atoms with van der Waals surface area (Å²) < 4.78 is 73.9. The molecule has 1 heterocycles. The van der Waals surface area contributed by atoms with Gasteiger partial charge in [-0.1, -0.05) is 12.1 Å². The Labute approximate surface area is 194 Å². The highest BCUT2D eigenvalue weighted by molar-refractivity contribution is 7.92. The Morgan fingerprint density at radius 2 is 1.97 bits per heavy atom. The molecule has 34 heavy (non-hydrogen) atoms. The Bertz CT molecular complexity index is 1240. The Balaban J connectivity index is 1.66. The number of carbonyl (C=O) groups excluding carboxylic acids is 1. The van der Waals surface area contributed by atoms with E-state index in [0.29, 0.717) is 12.8 Å². The van der Waals surface area contributed by atoms with Crippen LogP contribution in [0.4, 0.5) is 13.2 Å². The molecule has 1 unspecified atom stereocenters. The Morgan fingerprint density at radius 1 is 1.24 bits per heavy atom. The summed E-state index contributed by atoms with van der Waals surface area (Å²) >= 11 is 0. The highest BCUT2D eigenvalue weighted by Crippen LogP contribution is 2.42. The fraction of sp³-hybridized carbons (Fsp3) is 0.435. The molecule has 2 aliphatic rings. The van der Waals surface area contributed by atoms with Gasteiger partial charge in [0.15, 0.2) is 9.84 Å². The number of pyridine rings is 1. The van der Waals surface area contributed by atoms with Gasteiger partial charge < -0.3 is 10.1 Å². The van der Waals surface area contributed by atoms with Crippen molar-refractivity contribution in [1.29, 1.82) is 5.26 Å². The van der Waals surface area contributed by atoms with Crippen molar-refractivity contribution in [3.8, 4) is 17.3 Å². The van der Waals surface area contributed by atoms with Gasteiger partial charge in [0.2, 0.25) is 5.91 Å². The summed E-state index contributed by atoms with van der Waals surface area (Å²) in [6.45, 7) is 0. The highest BCUT2D eigenvalue weighted by Gasteiger charge is 2.51. The number of hydrogen-bond acceptors (Lipinski definition) is 6. The fourth-order valence-corrected chi connectivity index (χ4v) is 6.34. The predicted octanol–water partition coefficient (Wildman–Crippen LogP) is 3.51. The first-order chi connectivity index (χ1) is 16.0. The van der Waals surface area contributed by atoms with Crippen LogP contribution in [0.2, 0.25) is 0 Å². The van der Waals surface area contributed by atoms with Gasteiger partial charge in [-0.05, 0) is 49.9 Å². The number of hydrogen-bond donors (Lipinski definition) is 1. The lowest BCUT2D eigenvalue weighted by Gasteiger charge is -2.19. The van der Waals surface area contributed by atoms with E-state index in [4.69, 9.17) is 4.74 Å². The second-order valence-corrected chi connectivity index (χ2v) is 10.8. The van der Waals surface area contributed by atoms with Crippen molar-refractivity contribution in [2.75, 3.05) is 7.11 Å². The van der Waals surface area contributed by atoms with Gasteiger partial charge in [-0.25, -0.2) is 8.42 Å². The largest absolute Gasteiger partial charge is 0.417 e. The summed E-state index contributed by atoms with van der Waals surface area (Å²) in [4.78, 5) is 15.9. The number of nitrogens with zero attached hydrogens (tertiary/aromatic N) is 2. The van der Waals surface area contributed by atoms with Crippen LogP contribution < -0.4 is 5.32 Å². The molecule has 1 N–H and O–H groups in total. The number of aromatic nitrogens is 1. The number of methoxy groups -OCH3 is 1. The van der Waals surface area contributed by atoms with Crippen LogP contribution in [0, 0.1) is 17.2 Å². The summed E-state index contributed by atoms with van der Waals surface area (Å²) in [7, 11) is -3.14. The second kappa shape index (κ2) is 8.67. The Kier molecular flexibility index (Phi) is 6.16. The number of benzene rings is 1. The van der Waals surface area contributed by atoms with Gasteiger partial charge in [0, 0.05) is 18.9 Å². The number of carbonyl (C=O) groups is 1. The third-order valence-corrected chi connectivity index (χ3v) is 8.65. The fourth-order valence-electron chi connectivity index (χ4n) is 4.33. The summed E-state index contributed by atoms with van der Waals surface area (Å²) in [5, 5.41) is 10.6. The smallest absolute Gasteiger partial charge is 0.381 e. The first-order valence-corrected chi connectivity index (χ1v) is 12.2. The molecular formula is C23H22F3N3O4S. The lowest BCUT2D eigenvalue weighted by atomic mass is 10.0. The number of rotatable bonds is 6. The third kappa shape index (κ3) is 4.52. The number of ether oxygens (including phenoxy) is 1. The Hall–Kier alpha value is -2.97. The zero-order valence-corrected chi connectivity index (χ0v) is 19.0. The monoisotopic (exact) mass is 493 g/mol. The molecule has 7 nitrogen and oxygen atoms in total. The van der Waals surface area contributed by atoms with Crippen molar-refractivity contribution in [2.24, 2.45) is 5.92 Å². The van der Waals surface area contributed by atoms with Crippen molar-refractivity contribution in [1.82, 2.24) is 10.3 Å². The van der Waals surface area contributed by atoms with Crippen LogP contribution in [0.1, 0.15) is 31.2 Å². The molecule has 1 aromatic heterocycles. The van der Waals surface area contributed by atoms with Crippen LogP contribution >= 0.6 is 0 Å². The first-order valence-electron chi connectivity index (χ1n) is 10.6. The van der Waals surface area contributed by atoms with Crippen LogP contribution in [0.25, 0.3) is 11.3 Å². The molecule has 0 spiro atoms. The van der Waals surface area contributed by atoms with Gasteiger partial charge in [-0.3, -0.25) is 9.78 Å². The van der Waals surface area contributed by atoms with Gasteiger partial charge in [-0.15, -0.1) is 0 Å². The average molecular weight is 494 g/mol. The SMILES string of the molecule is CO[C@H]1C[C@@H](S(=O)(=O)c2ccc(-c3ccccn3)cc2C(F)(F)F)CC1C(=O)NC1(C#N)CC1. The van der Waals surface area contributed by atoms with Gasteiger partial charge in [-0.2, -0.15) is 18.4 Å². The van der Waals surface area contributed by atoms with E-state index >= 15 is 0 Å². The quantitative estimate of drug-likeness (QED) is 0.660. The highest BCUT2D eigenvalue weighted by atomic mass is 32.2. The minimum absolute atomic E-state index is 0.129. The van der Waals surface area contributed by atoms with Crippen LogP contribution in [-0.2, 0) is 25.5 Å². The number of alkyl halides is 3. The van der Waals surface area contributed by atoms with Gasteiger partial charge in [0.05, 0.1) is 39.5 Å². The molecular weight excluding hydrogens is 471 g/mol. The zero-order valence-electron chi connectivity index (χ0n) is 18.2. The molecule has 4 rings (SSSR count). The van der Waals surface area contributed by atoms with Gasteiger partial charge in [0.1, 0.15) is 5.54 Å². The van der Waals surface area contributed by atoms with Crippen LogP contribution in [0.3, 0.4) is 0 Å². The van der Waals surface area contributed by atoms with Crippen molar-refractivity contribution in [2.45, 2.75) is 53.6 Å². The topological polar surface area (TPSA) is 109 Å². The number of amides is 1. The number of sulfone groups is 1. The molecule has 0 bridgehead atoms. The van der Waals surface area contributed by atoms with E-state index in [1.54, 1.807) is 12.1 Å². The van der Waals surface area contributed by atoms with Crippen molar-refractivity contribution < 1.29 is 31.1 Å². The number of nitriles is 1. The number of nitrogens with one attached hydrogen (secondary N) is 1. The summed E-state index contributed by atoms with van der Waals surface area (Å²) in [6, 6.07) is 9.82. The van der Waals surface area contributed by atoms with Crippen molar-refractivity contribution >= 4 is 15.7 Å². The lowest BCUT2D eigenvalue weighted by Crippen LogP contribution is -2.42. The second-order valence-electron chi connectivity index (χ2n) is 8.63. The van der Waals surface area contributed by atoms with Crippen molar-refractivity contribution in [3.05, 3.63) is 48.2 Å². The van der Waals surface area contributed by atoms with Crippen LogP contribution in [-0.4, -0.2) is 43.3 Å². The van der Waals surface area contributed by atoms with Crippen LogP contribution in [0.15, 0.2) is 47.5 Å². The molecule has 2 aliphatic carbocycles. The van der Waals surface area contributed by atoms with E-state index in [-0.39, 0.29) is 24.1 Å². The Morgan fingerprint density at radius 3 is 2.53 bits per heavy atom. The molecule has 2 fully saturated rings. The molecule has 3 atom stereocenters. The molecule has 1 amide bonds. The third-order valence-electron chi connectivity index (χ3n) is 6.42. The summed E-state index contributed by atoms with van der Waals surface area (Å²) in [5.74, 6) is -1.41. The first kappa shape index (κ1) is 24.2. The molecule has 0 saturated heterocycles. The van der Waals surface area contributed by atoms with Crippen molar-refractivity contribution in [3.63, 3.8) is 0 Å². The predicted molar refractivity (Wildman–Crippen MR) is 115 cm³/mol. The maximum Gasteiger partial charge on any atom is 0.417 e. The van der Waals surface area contributed by atoms with E-state index in [0.717, 1.165) is 12.1 Å². The standard InChI is InChI=1S/C23H22F3N3O4S/c1-33-19-12-15(11-16(19)21(30)29-22(13-27)7-8-22)34(31,32)20-6-5-14(10-17(20)23(24,25)26)18-4-2-3-9-28-18/h2-6,9-10,15-16,19H,7-8,11-12H2,1H3,(H,29,30)/t15-,16?,19-/m0/s1. The maximum atomic E-state index is 13.9. The van der Waals surface area contributed by atoms with Gasteiger partial charge in [0.25, 0.3) is 0 Å². The normalized spacial score (nSPS) is 23.8. The summed E-state index contributed by atoms with van der Waals surface area (Å²) in [6.07, 6.45) is -3.62. The van der Waals surface area contributed by atoms with E-state index < -0.39 is 55.2 Å². The maximum absolute atomic E-state index is 13.9. The molecule has 1 aromatic carbocycles. The molecule has 2 saturated carbocycles. The van der Waals surface area contributed by atoms with E-state index in [9.17, 15) is 31.6 Å². The summed E-state index contributed by atoms with van der Waals surface area (Å²) in [5.41, 5.74) is -1.81.